The minimum atomic E-state index is -4.63. The van der Waals surface area contributed by atoms with Crippen molar-refractivity contribution in [2.75, 3.05) is 6.54 Å². The number of rotatable bonds is 4. The van der Waals surface area contributed by atoms with Crippen LogP contribution in [0.4, 0.5) is 17.6 Å². The molecule has 0 saturated carbocycles. The summed E-state index contributed by atoms with van der Waals surface area (Å²) in [6.07, 6.45) is -5.82. The van der Waals surface area contributed by atoms with Crippen molar-refractivity contribution in [1.29, 1.82) is 0 Å². The highest BCUT2D eigenvalue weighted by Crippen LogP contribution is 2.32. The van der Waals surface area contributed by atoms with Gasteiger partial charge in [0.25, 0.3) is 0 Å². The van der Waals surface area contributed by atoms with Gasteiger partial charge >= 0.3 is 6.18 Å². The maximum Gasteiger partial charge on any atom is 0.416 e. The first-order valence-electron chi connectivity index (χ1n) is 5.54. The van der Waals surface area contributed by atoms with Gasteiger partial charge in [0.15, 0.2) is 0 Å². The number of hydrogen-bond acceptors (Lipinski definition) is 2. The number of aliphatic hydroxyl groups excluding tert-OH is 1. The summed E-state index contributed by atoms with van der Waals surface area (Å²) in [5.74, 6) is -1.01. The third kappa shape index (κ3) is 3.68. The Morgan fingerprint density at radius 2 is 1.89 bits per heavy atom. The molecule has 0 bridgehead atoms. The van der Waals surface area contributed by atoms with Crippen molar-refractivity contribution in [1.82, 2.24) is 5.32 Å². The summed E-state index contributed by atoms with van der Waals surface area (Å²) < 4.78 is 50.6. The van der Waals surface area contributed by atoms with Crippen LogP contribution in [0.2, 0.25) is 0 Å². The third-order valence-corrected chi connectivity index (χ3v) is 2.59. The second-order valence-corrected chi connectivity index (χ2v) is 4.06. The van der Waals surface area contributed by atoms with Gasteiger partial charge in [0, 0.05) is 6.04 Å². The molecule has 2 unspecified atom stereocenters. The van der Waals surface area contributed by atoms with Crippen molar-refractivity contribution in [2.24, 2.45) is 0 Å². The van der Waals surface area contributed by atoms with Crippen molar-refractivity contribution in [3.8, 4) is 0 Å². The summed E-state index contributed by atoms with van der Waals surface area (Å²) in [7, 11) is 0. The third-order valence-electron chi connectivity index (χ3n) is 2.59. The maximum atomic E-state index is 13.1. The van der Waals surface area contributed by atoms with Crippen molar-refractivity contribution < 1.29 is 22.7 Å². The molecule has 6 heteroatoms. The molecule has 2 nitrogen and oxygen atoms in total. The van der Waals surface area contributed by atoms with E-state index in [1.807, 2.05) is 0 Å². The molecule has 0 amide bonds. The number of alkyl halides is 3. The molecule has 102 valence electrons. The molecule has 0 saturated heterocycles. The Morgan fingerprint density at radius 1 is 1.28 bits per heavy atom. The van der Waals surface area contributed by atoms with Crippen molar-refractivity contribution in [3.63, 3.8) is 0 Å². The summed E-state index contributed by atoms with van der Waals surface area (Å²) in [4.78, 5) is 0. The van der Waals surface area contributed by atoms with Crippen LogP contribution in [-0.2, 0) is 6.18 Å². The largest absolute Gasteiger partial charge is 0.416 e. The highest BCUT2D eigenvalue weighted by molar-refractivity contribution is 5.29. The van der Waals surface area contributed by atoms with E-state index in [2.05, 4.69) is 5.32 Å². The Balaban J connectivity index is 3.06. The Morgan fingerprint density at radius 3 is 2.39 bits per heavy atom. The summed E-state index contributed by atoms with van der Waals surface area (Å²) in [5.41, 5.74) is -1.18. The predicted octanol–water partition coefficient (Wildman–Crippen LogP) is 2.88. The fourth-order valence-corrected chi connectivity index (χ4v) is 1.67. The fraction of sp³-hybridized carbons (Fsp3) is 0.500. The lowest BCUT2D eigenvalue weighted by Crippen LogP contribution is -2.32. The molecule has 0 spiro atoms. The second kappa shape index (κ2) is 5.67. The molecule has 0 radical (unpaired) electrons. The Labute approximate surface area is 103 Å². The summed E-state index contributed by atoms with van der Waals surface area (Å²) in [5, 5.41) is 12.7. The number of likely N-dealkylation sites (N-methyl/N-ethyl adjacent to an activating group) is 1. The summed E-state index contributed by atoms with van der Waals surface area (Å²) in [6.45, 7) is 3.97. The molecule has 0 aliphatic rings. The van der Waals surface area contributed by atoms with E-state index in [9.17, 15) is 22.7 Å². The number of nitrogens with one attached hydrogen (secondary N) is 1. The molecule has 2 N–H and O–H groups in total. The van der Waals surface area contributed by atoms with E-state index >= 15 is 0 Å². The summed E-state index contributed by atoms with van der Waals surface area (Å²) >= 11 is 0. The SMILES string of the molecule is CCNC(C)C(O)c1cc(F)cc(C(F)(F)F)c1. The Bertz CT molecular complexity index is 406. The van der Waals surface area contributed by atoms with Gasteiger partial charge in [-0.05, 0) is 37.2 Å². The van der Waals surface area contributed by atoms with Crippen molar-refractivity contribution >= 4 is 0 Å². The van der Waals surface area contributed by atoms with Crippen molar-refractivity contribution in [3.05, 3.63) is 35.1 Å². The van der Waals surface area contributed by atoms with Gasteiger partial charge in [-0.1, -0.05) is 6.92 Å². The van der Waals surface area contributed by atoms with Crippen LogP contribution < -0.4 is 5.32 Å². The Hall–Kier alpha value is -1.14. The van der Waals surface area contributed by atoms with Gasteiger partial charge in [0.2, 0.25) is 0 Å². The first-order chi connectivity index (χ1) is 8.25. The van der Waals surface area contributed by atoms with Gasteiger partial charge < -0.3 is 10.4 Å². The average Bonchev–Trinajstić information content (AvgIpc) is 2.26. The van der Waals surface area contributed by atoms with E-state index in [0.29, 0.717) is 12.6 Å². The summed E-state index contributed by atoms with van der Waals surface area (Å²) in [6, 6.07) is 1.63. The molecule has 0 aliphatic carbocycles. The Kier molecular flexibility index (Phi) is 4.70. The number of hydrogen-bond donors (Lipinski definition) is 2. The van der Waals surface area contributed by atoms with Gasteiger partial charge in [-0.25, -0.2) is 4.39 Å². The standard InChI is InChI=1S/C12H15F4NO/c1-3-17-7(2)11(18)8-4-9(12(14,15)16)6-10(13)5-8/h4-7,11,17-18H,3H2,1-2H3. The molecule has 1 aromatic carbocycles. The van der Waals surface area contributed by atoms with Gasteiger partial charge in [-0.3, -0.25) is 0 Å². The van der Waals surface area contributed by atoms with E-state index in [4.69, 9.17) is 0 Å². The minimum Gasteiger partial charge on any atom is -0.387 e. The normalized spacial score (nSPS) is 15.5. The van der Waals surface area contributed by atoms with Crippen LogP contribution >= 0.6 is 0 Å². The molecule has 0 heterocycles. The molecular weight excluding hydrogens is 250 g/mol. The molecule has 1 aromatic rings. The number of benzene rings is 1. The number of aliphatic hydroxyl groups is 1. The quantitative estimate of drug-likeness (QED) is 0.820. The maximum absolute atomic E-state index is 13.1. The molecule has 0 aliphatic heterocycles. The molecule has 2 atom stereocenters. The molecule has 1 rings (SSSR count). The van der Waals surface area contributed by atoms with E-state index in [1.54, 1.807) is 13.8 Å². The zero-order chi connectivity index (χ0) is 13.9. The monoisotopic (exact) mass is 265 g/mol. The van der Waals surface area contributed by atoms with Gasteiger partial charge in [0.1, 0.15) is 5.82 Å². The van der Waals surface area contributed by atoms with E-state index in [0.717, 1.165) is 12.1 Å². The first-order valence-corrected chi connectivity index (χ1v) is 5.54. The first kappa shape index (κ1) is 14.9. The molecular formula is C12H15F4NO. The van der Waals surface area contributed by atoms with Crippen LogP contribution in [0.25, 0.3) is 0 Å². The van der Waals surface area contributed by atoms with Crippen molar-refractivity contribution in [2.45, 2.75) is 32.2 Å². The van der Waals surface area contributed by atoms with E-state index < -0.39 is 29.7 Å². The highest BCUT2D eigenvalue weighted by atomic mass is 19.4. The lowest BCUT2D eigenvalue weighted by Gasteiger charge is -2.21. The molecule has 0 aromatic heterocycles. The molecule has 18 heavy (non-hydrogen) atoms. The minimum absolute atomic E-state index is 0.0872. The second-order valence-electron chi connectivity index (χ2n) is 4.06. The van der Waals surface area contributed by atoms with E-state index in [1.165, 1.54) is 0 Å². The predicted molar refractivity (Wildman–Crippen MR) is 59.5 cm³/mol. The van der Waals surface area contributed by atoms with E-state index in [-0.39, 0.29) is 5.56 Å². The van der Waals surface area contributed by atoms with Gasteiger partial charge in [-0.15, -0.1) is 0 Å². The zero-order valence-corrected chi connectivity index (χ0v) is 10.1. The molecule has 0 fully saturated rings. The lowest BCUT2D eigenvalue weighted by molar-refractivity contribution is -0.137. The highest BCUT2D eigenvalue weighted by Gasteiger charge is 2.32. The van der Waals surface area contributed by atoms with Crippen LogP contribution in [0.15, 0.2) is 18.2 Å². The topological polar surface area (TPSA) is 32.3 Å². The fourth-order valence-electron chi connectivity index (χ4n) is 1.67. The smallest absolute Gasteiger partial charge is 0.387 e. The number of halogens is 4. The lowest BCUT2D eigenvalue weighted by atomic mass is 10.0. The van der Waals surface area contributed by atoms with Crippen LogP contribution in [0.3, 0.4) is 0 Å². The van der Waals surface area contributed by atoms with Gasteiger partial charge in [0.05, 0.1) is 11.7 Å². The average molecular weight is 265 g/mol. The van der Waals surface area contributed by atoms with Gasteiger partial charge in [-0.2, -0.15) is 13.2 Å². The zero-order valence-electron chi connectivity index (χ0n) is 10.1. The van der Waals surface area contributed by atoms with Crippen LogP contribution in [-0.4, -0.2) is 17.7 Å². The van der Waals surface area contributed by atoms with Crippen LogP contribution in [0, 0.1) is 5.82 Å². The van der Waals surface area contributed by atoms with Crippen LogP contribution in [0.5, 0.6) is 0 Å². The van der Waals surface area contributed by atoms with Crippen LogP contribution in [0.1, 0.15) is 31.1 Å².